The van der Waals surface area contributed by atoms with Crippen molar-refractivity contribution >= 4 is 0 Å². The minimum absolute atomic E-state index is 0.368. The Morgan fingerprint density at radius 2 is 1.90 bits per heavy atom. The molecule has 1 atom stereocenters. The highest BCUT2D eigenvalue weighted by atomic mass is 15.3. The fourth-order valence-electron chi connectivity index (χ4n) is 4.55. The number of hydrogen-bond donors (Lipinski definition) is 1. The van der Waals surface area contributed by atoms with Crippen LogP contribution >= 0.6 is 0 Å². The summed E-state index contributed by atoms with van der Waals surface area (Å²) in [5.74, 6) is 0. The Labute approximate surface area is 128 Å². The summed E-state index contributed by atoms with van der Waals surface area (Å²) in [7, 11) is 4.14. The molecule has 4 heteroatoms. The Hall–Kier alpha value is -0.870. The zero-order chi connectivity index (χ0) is 14.7. The van der Waals surface area contributed by atoms with Crippen LogP contribution in [0.4, 0.5) is 0 Å². The fourth-order valence-corrected chi connectivity index (χ4v) is 4.55. The zero-order valence-corrected chi connectivity index (χ0v) is 13.6. The first-order chi connectivity index (χ1) is 10.2. The first-order valence-corrected chi connectivity index (χ1v) is 8.65. The van der Waals surface area contributed by atoms with Crippen molar-refractivity contribution in [2.45, 2.75) is 62.9 Å². The lowest BCUT2D eigenvalue weighted by Crippen LogP contribution is -2.61. The van der Waals surface area contributed by atoms with E-state index in [-0.39, 0.29) is 0 Å². The summed E-state index contributed by atoms with van der Waals surface area (Å²) in [4.78, 5) is 2.81. The van der Waals surface area contributed by atoms with Gasteiger partial charge in [0.05, 0.1) is 5.69 Å². The van der Waals surface area contributed by atoms with E-state index < -0.39 is 0 Å². The van der Waals surface area contributed by atoms with E-state index in [9.17, 15) is 0 Å². The number of aryl methyl sites for hydroxylation is 1. The zero-order valence-electron chi connectivity index (χ0n) is 13.6. The number of rotatable bonds is 5. The van der Waals surface area contributed by atoms with Gasteiger partial charge < -0.3 is 5.32 Å². The number of nitrogens with zero attached hydrogens (tertiary/aromatic N) is 3. The highest BCUT2D eigenvalue weighted by Gasteiger charge is 2.45. The predicted molar refractivity (Wildman–Crippen MR) is 86.4 cm³/mol. The van der Waals surface area contributed by atoms with Crippen LogP contribution in [0.5, 0.6) is 0 Å². The maximum atomic E-state index is 4.60. The lowest BCUT2D eigenvalue weighted by Gasteiger charge is -2.48. The number of hydrogen-bond acceptors (Lipinski definition) is 3. The molecule has 21 heavy (non-hydrogen) atoms. The topological polar surface area (TPSA) is 33.1 Å². The highest BCUT2D eigenvalue weighted by molar-refractivity contribution is 5.10. The van der Waals surface area contributed by atoms with Gasteiger partial charge in [-0.3, -0.25) is 9.58 Å². The second-order valence-corrected chi connectivity index (χ2v) is 6.88. The minimum atomic E-state index is 0.368. The van der Waals surface area contributed by atoms with Gasteiger partial charge >= 0.3 is 0 Å². The smallest absolute Gasteiger partial charge is 0.0640 e. The summed E-state index contributed by atoms with van der Waals surface area (Å²) >= 11 is 0. The maximum absolute atomic E-state index is 4.60. The van der Waals surface area contributed by atoms with Crippen molar-refractivity contribution in [3.63, 3.8) is 0 Å². The summed E-state index contributed by atoms with van der Waals surface area (Å²) in [5, 5.41) is 8.25. The second kappa shape index (κ2) is 6.49. The SMILES string of the molecule is CNC(Cc1ccn(C)n1)C1(N2CCCCC2)CCCC1. The van der Waals surface area contributed by atoms with Crippen LogP contribution in [0.25, 0.3) is 0 Å². The van der Waals surface area contributed by atoms with E-state index in [0.717, 1.165) is 6.42 Å². The molecule has 0 amide bonds. The van der Waals surface area contributed by atoms with Gasteiger partial charge in [-0.05, 0) is 51.9 Å². The summed E-state index contributed by atoms with van der Waals surface area (Å²) < 4.78 is 1.92. The van der Waals surface area contributed by atoms with Gasteiger partial charge in [-0.2, -0.15) is 5.10 Å². The molecule has 0 spiro atoms. The summed E-state index contributed by atoms with van der Waals surface area (Å²) in [6.07, 6.45) is 12.8. The Kier molecular flexibility index (Phi) is 4.65. The monoisotopic (exact) mass is 290 g/mol. The molecular formula is C17H30N4. The first kappa shape index (κ1) is 15.0. The molecule has 4 nitrogen and oxygen atoms in total. The largest absolute Gasteiger partial charge is 0.315 e. The number of piperidine rings is 1. The first-order valence-electron chi connectivity index (χ1n) is 8.65. The van der Waals surface area contributed by atoms with Crippen LogP contribution in [-0.4, -0.2) is 46.4 Å². The van der Waals surface area contributed by atoms with Gasteiger partial charge in [-0.15, -0.1) is 0 Å². The van der Waals surface area contributed by atoms with Gasteiger partial charge in [-0.1, -0.05) is 19.3 Å². The molecule has 1 saturated heterocycles. The Morgan fingerprint density at radius 1 is 1.19 bits per heavy atom. The molecule has 3 rings (SSSR count). The van der Waals surface area contributed by atoms with E-state index in [1.807, 2.05) is 11.7 Å². The van der Waals surface area contributed by atoms with Crippen LogP contribution in [0.2, 0.25) is 0 Å². The second-order valence-electron chi connectivity index (χ2n) is 6.88. The fraction of sp³-hybridized carbons (Fsp3) is 0.824. The third kappa shape index (κ3) is 3.02. The third-order valence-electron chi connectivity index (χ3n) is 5.63. The van der Waals surface area contributed by atoms with Crippen LogP contribution in [0, 0.1) is 0 Å². The molecule has 1 aromatic heterocycles. The van der Waals surface area contributed by atoms with Gasteiger partial charge in [0.15, 0.2) is 0 Å². The quantitative estimate of drug-likeness (QED) is 0.903. The van der Waals surface area contributed by atoms with Crippen molar-refractivity contribution in [1.29, 1.82) is 0 Å². The standard InChI is InChI=1S/C17H30N4/c1-18-16(14-15-8-13-20(2)19-15)17(9-4-5-10-17)21-11-6-3-7-12-21/h8,13,16,18H,3-7,9-12,14H2,1-2H3. The Balaban J connectivity index is 1.79. The maximum Gasteiger partial charge on any atom is 0.0640 e. The molecule has 118 valence electrons. The van der Waals surface area contributed by atoms with E-state index in [2.05, 4.69) is 34.6 Å². The van der Waals surface area contributed by atoms with Crippen molar-refractivity contribution < 1.29 is 0 Å². The highest BCUT2D eigenvalue weighted by Crippen LogP contribution is 2.40. The molecule has 1 unspecified atom stereocenters. The Bertz CT molecular complexity index is 441. The average Bonchev–Trinajstić information content (AvgIpc) is 3.15. The number of likely N-dealkylation sites (tertiary alicyclic amines) is 1. The molecule has 1 aliphatic carbocycles. The molecule has 1 aromatic rings. The molecule has 2 heterocycles. The van der Waals surface area contributed by atoms with Crippen molar-refractivity contribution in [1.82, 2.24) is 20.0 Å². The van der Waals surface area contributed by atoms with Crippen molar-refractivity contribution in [3.8, 4) is 0 Å². The molecule has 2 aliphatic rings. The molecular weight excluding hydrogens is 260 g/mol. The van der Waals surface area contributed by atoms with Gasteiger partial charge in [-0.25, -0.2) is 0 Å². The van der Waals surface area contributed by atoms with Gasteiger partial charge in [0.2, 0.25) is 0 Å². The molecule has 0 aromatic carbocycles. The molecule has 0 radical (unpaired) electrons. The molecule has 1 saturated carbocycles. The van der Waals surface area contributed by atoms with Crippen LogP contribution in [0.1, 0.15) is 50.6 Å². The van der Waals surface area contributed by atoms with E-state index in [1.54, 1.807) is 0 Å². The van der Waals surface area contributed by atoms with E-state index >= 15 is 0 Å². The average molecular weight is 290 g/mol. The van der Waals surface area contributed by atoms with Crippen LogP contribution in [0.3, 0.4) is 0 Å². The van der Waals surface area contributed by atoms with Crippen molar-refractivity contribution in [2.24, 2.45) is 7.05 Å². The van der Waals surface area contributed by atoms with Gasteiger partial charge in [0, 0.05) is 31.2 Å². The van der Waals surface area contributed by atoms with Crippen molar-refractivity contribution in [3.05, 3.63) is 18.0 Å². The lowest BCUT2D eigenvalue weighted by atomic mass is 9.82. The van der Waals surface area contributed by atoms with Gasteiger partial charge in [0.1, 0.15) is 0 Å². The molecule has 1 aliphatic heterocycles. The van der Waals surface area contributed by atoms with Crippen LogP contribution < -0.4 is 5.32 Å². The van der Waals surface area contributed by atoms with Crippen LogP contribution in [0.15, 0.2) is 12.3 Å². The number of likely N-dealkylation sites (N-methyl/N-ethyl adjacent to an activating group) is 1. The Morgan fingerprint density at radius 3 is 2.48 bits per heavy atom. The number of nitrogens with one attached hydrogen (secondary N) is 1. The van der Waals surface area contributed by atoms with E-state index in [0.29, 0.717) is 11.6 Å². The van der Waals surface area contributed by atoms with Crippen molar-refractivity contribution in [2.75, 3.05) is 20.1 Å². The summed E-state index contributed by atoms with van der Waals surface area (Å²) in [6.45, 7) is 2.58. The lowest BCUT2D eigenvalue weighted by molar-refractivity contribution is 0.0386. The summed E-state index contributed by atoms with van der Waals surface area (Å²) in [6, 6.07) is 2.69. The van der Waals surface area contributed by atoms with E-state index in [1.165, 1.54) is 63.7 Å². The summed E-state index contributed by atoms with van der Waals surface area (Å²) in [5.41, 5.74) is 1.59. The molecule has 0 bridgehead atoms. The minimum Gasteiger partial charge on any atom is -0.315 e. The molecule has 1 N–H and O–H groups in total. The molecule has 2 fully saturated rings. The number of aromatic nitrogens is 2. The van der Waals surface area contributed by atoms with Crippen LogP contribution in [-0.2, 0) is 13.5 Å². The predicted octanol–water partition coefficient (Wildman–Crippen LogP) is 2.35. The third-order valence-corrected chi connectivity index (χ3v) is 5.63. The normalized spacial score (nSPS) is 24.3. The van der Waals surface area contributed by atoms with Gasteiger partial charge in [0.25, 0.3) is 0 Å². The van der Waals surface area contributed by atoms with E-state index in [4.69, 9.17) is 0 Å².